The van der Waals surface area contributed by atoms with Crippen LogP contribution < -0.4 is 28.4 Å². The third-order valence-corrected chi connectivity index (χ3v) is 11.1. The maximum Gasteiger partial charge on any atom is 0.312 e. The molecular formula is C45H48O11S6. The fourth-order valence-corrected chi connectivity index (χ4v) is 8.30. The number of thiol groups is 6. The van der Waals surface area contributed by atoms with Gasteiger partial charge in [0.2, 0.25) is 0 Å². The third-order valence-electron chi connectivity index (χ3n) is 9.75. The van der Waals surface area contributed by atoms with Gasteiger partial charge in [-0.25, -0.2) is 0 Å². The van der Waals surface area contributed by atoms with Crippen LogP contribution in [0.2, 0.25) is 0 Å². The summed E-state index contributed by atoms with van der Waals surface area (Å²) in [5.41, 5.74) is 3.08. The molecule has 330 valence electrons. The second-order valence-electron chi connectivity index (χ2n) is 14.0. The Morgan fingerprint density at radius 3 is 0.903 bits per heavy atom. The van der Waals surface area contributed by atoms with Crippen molar-refractivity contribution in [2.24, 2.45) is 0 Å². The molecule has 2 unspecified atom stereocenters. The Bertz CT molecular complexity index is 1990. The van der Waals surface area contributed by atoms with E-state index < -0.39 is 47.6 Å². The molecule has 1 aliphatic carbocycles. The summed E-state index contributed by atoms with van der Waals surface area (Å²) < 4.78 is 34.6. The largest absolute Gasteiger partial charge is 0.493 e. The first-order valence-corrected chi connectivity index (χ1v) is 23.6. The van der Waals surface area contributed by atoms with E-state index in [0.29, 0.717) is 40.7 Å². The standard InChI is InChI=1S/C45H48O11S6/c46-37(9-15-57)52-32-7-3-28(4-8-32)43-44(29-21-33(53-38(47)10-16-58)25-34(22-29)54-39(48)11-17-59)42(27-1-5-31(6-2-27)51-14-20-62)45(43)30-23-35(55-40(49)12-18-60)26-36(24-30)56-41(50)13-19-61/h1-8,21-26,42-45,57-62H,9-20H2. The van der Waals surface area contributed by atoms with Crippen LogP contribution in [-0.4, -0.2) is 71.0 Å². The summed E-state index contributed by atoms with van der Waals surface area (Å²) >= 11 is 25.2. The van der Waals surface area contributed by atoms with Crippen LogP contribution >= 0.6 is 75.8 Å². The highest BCUT2D eigenvalue weighted by molar-refractivity contribution is 7.81. The van der Waals surface area contributed by atoms with Crippen molar-refractivity contribution in [3.05, 3.63) is 107 Å². The fraction of sp³-hybridized carbons (Fsp3) is 0.356. The normalized spacial score (nSPS) is 16.7. The minimum Gasteiger partial charge on any atom is -0.493 e. The Balaban J connectivity index is 1.75. The zero-order chi connectivity index (χ0) is 44.6. The summed E-state index contributed by atoms with van der Waals surface area (Å²) in [7, 11) is 0. The Labute approximate surface area is 394 Å². The van der Waals surface area contributed by atoms with Gasteiger partial charge in [0.15, 0.2) is 0 Å². The number of ether oxygens (including phenoxy) is 6. The molecule has 17 heteroatoms. The Morgan fingerprint density at radius 1 is 0.339 bits per heavy atom. The summed E-state index contributed by atoms with van der Waals surface area (Å²) in [5, 5.41) is 0. The van der Waals surface area contributed by atoms with Crippen LogP contribution in [0.25, 0.3) is 0 Å². The lowest BCUT2D eigenvalue weighted by Crippen LogP contribution is -2.40. The number of hydrogen-bond donors (Lipinski definition) is 6. The fourth-order valence-electron chi connectivity index (χ4n) is 7.29. The van der Waals surface area contributed by atoms with E-state index in [4.69, 9.17) is 28.4 Å². The average molecular weight is 957 g/mol. The zero-order valence-electron chi connectivity index (χ0n) is 33.6. The van der Waals surface area contributed by atoms with E-state index >= 15 is 0 Å². The number of benzene rings is 4. The van der Waals surface area contributed by atoms with Crippen LogP contribution in [0, 0.1) is 0 Å². The van der Waals surface area contributed by atoms with Crippen molar-refractivity contribution in [2.75, 3.05) is 41.1 Å². The number of carbonyl (C=O) groups excluding carboxylic acids is 5. The molecule has 0 aromatic heterocycles. The molecule has 0 heterocycles. The molecule has 1 fully saturated rings. The lowest BCUT2D eigenvalue weighted by atomic mass is 9.49. The van der Waals surface area contributed by atoms with Gasteiger partial charge < -0.3 is 28.4 Å². The maximum absolute atomic E-state index is 12.9. The topological polar surface area (TPSA) is 141 Å². The number of esters is 5. The lowest BCUT2D eigenvalue weighted by Gasteiger charge is -2.54. The molecule has 0 saturated heterocycles. The van der Waals surface area contributed by atoms with Crippen LogP contribution in [0.4, 0.5) is 0 Å². The Morgan fingerprint density at radius 2 is 0.613 bits per heavy atom. The first-order chi connectivity index (χ1) is 30.0. The van der Waals surface area contributed by atoms with Crippen molar-refractivity contribution in [3.63, 3.8) is 0 Å². The van der Waals surface area contributed by atoms with Crippen molar-refractivity contribution in [3.8, 4) is 34.5 Å². The van der Waals surface area contributed by atoms with Crippen LogP contribution in [0.15, 0.2) is 84.9 Å². The predicted molar refractivity (Wildman–Crippen MR) is 257 cm³/mol. The van der Waals surface area contributed by atoms with Gasteiger partial charge in [0.25, 0.3) is 0 Å². The monoisotopic (exact) mass is 956 g/mol. The van der Waals surface area contributed by atoms with E-state index in [1.54, 1.807) is 36.4 Å². The molecule has 0 aliphatic heterocycles. The van der Waals surface area contributed by atoms with E-state index in [0.717, 1.165) is 11.1 Å². The van der Waals surface area contributed by atoms with Gasteiger partial charge in [0.05, 0.1) is 38.7 Å². The number of carbonyl (C=O) groups is 5. The molecule has 0 radical (unpaired) electrons. The van der Waals surface area contributed by atoms with Crippen molar-refractivity contribution < 1.29 is 52.4 Å². The summed E-state index contributed by atoms with van der Waals surface area (Å²) in [6.07, 6.45) is 0.300. The first-order valence-electron chi connectivity index (χ1n) is 19.8. The van der Waals surface area contributed by atoms with Gasteiger partial charge in [-0.2, -0.15) is 75.8 Å². The lowest BCUT2D eigenvalue weighted by molar-refractivity contribution is -0.135. The van der Waals surface area contributed by atoms with Crippen molar-refractivity contribution in [1.29, 1.82) is 0 Å². The number of hydrogen-bond acceptors (Lipinski definition) is 17. The highest BCUT2D eigenvalue weighted by Gasteiger charge is 2.53. The van der Waals surface area contributed by atoms with Crippen LogP contribution in [0.1, 0.15) is 78.0 Å². The van der Waals surface area contributed by atoms with Gasteiger partial charge in [-0.3, -0.25) is 24.0 Å². The van der Waals surface area contributed by atoms with Crippen molar-refractivity contribution >= 4 is 106 Å². The van der Waals surface area contributed by atoms with Gasteiger partial charge in [-0.1, -0.05) is 24.3 Å². The van der Waals surface area contributed by atoms with Gasteiger partial charge in [0.1, 0.15) is 34.5 Å². The summed E-state index contributed by atoms with van der Waals surface area (Å²) in [6.45, 7) is 0.403. The third kappa shape index (κ3) is 13.8. The molecule has 1 saturated carbocycles. The second-order valence-corrected chi connectivity index (χ2v) is 16.7. The first kappa shape index (κ1) is 49.2. The van der Waals surface area contributed by atoms with E-state index in [1.165, 1.54) is 12.1 Å². The van der Waals surface area contributed by atoms with E-state index in [1.807, 2.05) is 36.4 Å². The molecule has 5 rings (SSSR count). The molecule has 0 N–H and O–H groups in total. The minimum atomic E-state index is -0.520. The molecule has 62 heavy (non-hydrogen) atoms. The Hall–Kier alpha value is -3.87. The molecule has 4 aromatic rings. The molecule has 0 amide bonds. The molecule has 0 bridgehead atoms. The average Bonchev–Trinajstić information content (AvgIpc) is 3.21. The zero-order valence-corrected chi connectivity index (χ0v) is 38.9. The minimum absolute atomic E-state index is 0.0429. The van der Waals surface area contributed by atoms with Crippen LogP contribution in [-0.2, 0) is 24.0 Å². The predicted octanol–water partition coefficient (Wildman–Crippen LogP) is 8.57. The van der Waals surface area contributed by atoms with E-state index in [9.17, 15) is 24.0 Å². The molecule has 1 aliphatic rings. The van der Waals surface area contributed by atoms with Crippen LogP contribution in [0.5, 0.6) is 34.5 Å². The van der Waals surface area contributed by atoms with E-state index in [-0.39, 0.29) is 84.0 Å². The molecule has 4 aromatic carbocycles. The summed E-state index contributed by atoms with van der Waals surface area (Å²) in [4.78, 5) is 63.8. The maximum atomic E-state index is 12.9. The molecule has 0 spiro atoms. The highest BCUT2D eigenvalue weighted by Crippen LogP contribution is 2.67. The van der Waals surface area contributed by atoms with Crippen molar-refractivity contribution in [1.82, 2.24) is 0 Å². The van der Waals surface area contributed by atoms with Gasteiger partial charge in [-0.05, 0) is 94.5 Å². The van der Waals surface area contributed by atoms with Gasteiger partial charge >= 0.3 is 29.8 Å². The molecule has 2 atom stereocenters. The van der Waals surface area contributed by atoms with Crippen molar-refractivity contribution in [2.45, 2.75) is 55.8 Å². The smallest absolute Gasteiger partial charge is 0.312 e. The second kappa shape index (κ2) is 24.8. The molecular weight excluding hydrogens is 909 g/mol. The quantitative estimate of drug-likeness (QED) is 0.0257. The number of rotatable bonds is 22. The summed E-state index contributed by atoms with van der Waals surface area (Å²) in [5.74, 6) is -0.506. The van der Waals surface area contributed by atoms with Gasteiger partial charge in [0, 0.05) is 46.6 Å². The Kier molecular flexibility index (Phi) is 19.7. The van der Waals surface area contributed by atoms with E-state index in [2.05, 4.69) is 75.8 Å². The molecule has 11 nitrogen and oxygen atoms in total. The highest BCUT2D eigenvalue weighted by atomic mass is 32.1. The SMILES string of the molecule is O=C(CCS)Oc1ccc(C2C(c3cc(OC(=O)CCS)cc(OC(=O)CCS)c3)C(c3ccc(OCCS)cc3)C2c2cc(OC(=O)CCS)cc(OC(=O)CCS)c2)cc1. The van der Waals surface area contributed by atoms with Gasteiger partial charge in [-0.15, -0.1) is 0 Å². The summed E-state index contributed by atoms with van der Waals surface area (Å²) in [6, 6.07) is 24.8. The van der Waals surface area contributed by atoms with Crippen LogP contribution in [0.3, 0.4) is 0 Å².